The Morgan fingerprint density at radius 3 is 2.12 bits per heavy atom. The second-order valence-electron chi connectivity index (χ2n) is 5.74. The summed E-state index contributed by atoms with van der Waals surface area (Å²) in [5.74, 6) is -0.946. The van der Waals surface area contributed by atoms with Gasteiger partial charge in [0.25, 0.3) is 0 Å². The van der Waals surface area contributed by atoms with Gasteiger partial charge < -0.3 is 10.1 Å². The van der Waals surface area contributed by atoms with Crippen LogP contribution in [0.1, 0.15) is 10.5 Å². The van der Waals surface area contributed by atoms with Crippen LogP contribution < -0.4 is 0 Å². The average Bonchev–Trinajstić information content (AvgIpc) is 3.06. The summed E-state index contributed by atoms with van der Waals surface area (Å²) in [6.07, 6.45) is 0. The third-order valence-electron chi connectivity index (χ3n) is 4.16. The zero-order valence-electron chi connectivity index (χ0n) is 12.9. The summed E-state index contributed by atoms with van der Waals surface area (Å²) in [5.41, 5.74) is 5.53. The van der Waals surface area contributed by atoms with Gasteiger partial charge in [0.1, 0.15) is 5.69 Å². The van der Waals surface area contributed by atoms with Gasteiger partial charge in [0.15, 0.2) is 0 Å². The Hall–Kier alpha value is -3.33. The standard InChI is InChI=1S/C21H15NO2/c23-21(24)20-13-18-10-9-17(12-19(18)22-20)16-8-4-7-15(11-16)14-5-2-1-3-6-14/h1-13,22H,(H,23,24). The summed E-state index contributed by atoms with van der Waals surface area (Å²) in [5, 5.41) is 10.0. The predicted molar refractivity (Wildman–Crippen MR) is 96.1 cm³/mol. The molecule has 116 valence electrons. The number of hydrogen-bond donors (Lipinski definition) is 2. The SMILES string of the molecule is O=C(O)c1cc2ccc(-c3cccc(-c4ccccc4)c3)cc2[nH]1. The van der Waals surface area contributed by atoms with Gasteiger partial charge in [-0.3, -0.25) is 0 Å². The zero-order chi connectivity index (χ0) is 16.5. The number of fused-ring (bicyclic) bond motifs is 1. The van der Waals surface area contributed by atoms with Crippen molar-refractivity contribution >= 4 is 16.9 Å². The molecule has 0 saturated heterocycles. The van der Waals surface area contributed by atoms with E-state index in [2.05, 4.69) is 35.3 Å². The molecule has 1 heterocycles. The number of aromatic amines is 1. The fourth-order valence-corrected chi connectivity index (χ4v) is 2.93. The molecule has 0 radical (unpaired) electrons. The molecular formula is C21H15NO2. The fraction of sp³-hybridized carbons (Fsp3) is 0. The van der Waals surface area contributed by atoms with Crippen LogP contribution in [-0.4, -0.2) is 16.1 Å². The summed E-state index contributed by atoms with van der Waals surface area (Å²) in [6, 6.07) is 26.2. The van der Waals surface area contributed by atoms with Gasteiger partial charge in [-0.2, -0.15) is 0 Å². The van der Waals surface area contributed by atoms with Crippen LogP contribution in [0, 0.1) is 0 Å². The van der Waals surface area contributed by atoms with Gasteiger partial charge in [-0.25, -0.2) is 4.79 Å². The minimum absolute atomic E-state index is 0.209. The lowest BCUT2D eigenvalue weighted by atomic mass is 9.98. The summed E-state index contributed by atoms with van der Waals surface area (Å²) in [7, 11) is 0. The highest BCUT2D eigenvalue weighted by atomic mass is 16.4. The van der Waals surface area contributed by atoms with Crippen LogP contribution in [0.3, 0.4) is 0 Å². The van der Waals surface area contributed by atoms with Gasteiger partial charge in [0.2, 0.25) is 0 Å². The maximum Gasteiger partial charge on any atom is 0.352 e. The van der Waals surface area contributed by atoms with Crippen molar-refractivity contribution in [1.29, 1.82) is 0 Å². The molecule has 0 unspecified atom stereocenters. The largest absolute Gasteiger partial charge is 0.477 e. The molecule has 4 rings (SSSR count). The van der Waals surface area contributed by atoms with E-state index < -0.39 is 5.97 Å². The van der Waals surface area contributed by atoms with Crippen LogP contribution in [0.25, 0.3) is 33.2 Å². The quantitative estimate of drug-likeness (QED) is 0.546. The lowest BCUT2D eigenvalue weighted by molar-refractivity contribution is 0.0691. The Balaban J connectivity index is 1.78. The lowest BCUT2D eigenvalue weighted by Crippen LogP contribution is -1.94. The van der Waals surface area contributed by atoms with Crippen LogP contribution in [0.15, 0.2) is 78.9 Å². The van der Waals surface area contributed by atoms with Crippen molar-refractivity contribution < 1.29 is 9.90 Å². The maximum atomic E-state index is 11.1. The molecule has 0 atom stereocenters. The number of benzene rings is 3. The number of nitrogens with one attached hydrogen (secondary N) is 1. The van der Waals surface area contributed by atoms with Gasteiger partial charge in [0.05, 0.1) is 0 Å². The molecule has 24 heavy (non-hydrogen) atoms. The molecule has 0 aliphatic carbocycles. The second-order valence-corrected chi connectivity index (χ2v) is 5.74. The van der Waals surface area contributed by atoms with Crippen LogP contribution in [0.4, 0.5) is 0 Å². The van der Waals surface area contributed by atoms with Crippen molar-refractivity contribution in [3.63, 3.8) is 0 Å². The predicted octanol–water partition coefficient (Wildman–Crippen LogP) is 5.20. The number of carboxylic acid groups (broad SMARTS) is 1. The number of aromatic nitrogens is 1. The van der Waals surface area contributed by atoms with Gasteiger partial charge >= 0.3 is 5.97 Å². The van der Waals surface area contributed by atoms with E-state index in [9.17, 15) is 4.79 Å². The first-order valence-electron chi connectivity index (χ1n) is 7.73. The molecule has 0 amide bonds. The van der Waals surface area contributed by atoms with Crippen LogP contribution in [-0.2, 0) is 0 Å². The van der Waals surface area contributed by atoms with Gasteiger partial charge in [-0.15, -0.1) is 0 Å². The van der Waals surface area contributed by atoms with E-state index in [1.807, 2.05) is 42.5 Å². The van der Waals surface area contributed by atoms with Gasteiger partial charge in [-0.05, 0) is 40.5 Å². The molecule has 0 bridgehead atoms. The summed E-state index contributed by atoms with van der Waals surface area (Å²) in [6.45, 7) is 0. The average molecular weight is 313 g/mol. The third kappa shape index (κ3) is 2.57. The summed E-state index contributed by atoms with van der Waals surface area (Å²) < 4.78 is 0. The monoisotopic (exact) mass is 313 g/mol. The minimum atomic E-state index is -0.946. The number of carboxylic acids is 1. The normalized spacial score (nSPS) is 10.8. The number of aromatic carboxylic acids is 1. The minimum Gasteiger partial charge on any atom is -0.477 e. The van der Waals surface area contributed by atoms with E-state index >= 15 is 0 Å². The molecule has 1 aromatic heterocycles. The smallest absolute Gasteiger partial charge is 0.352 e. The highest BCUT2D eigenvalue weighted by Crippen LogP contribution is 2.28. The zero-order valence-corrected chi connectivity index (χ0v) is 12.9. The number of carbonyl (C=O) groups is 1. The first-order valence-corrected chi connectivity index (χ1v) is 7.73. The van der Waals surface area contributed by atoms with Gasteiger partial charge in [0, 0.05) is 10.9 Å². The van der Waals surface area contributed by atoms with Crippen molar-refractivity contribution in [3.05, 3.63) is 84.6 Å². The van der Waals surface area contributed by atoms with Crippen molar-refractivity contribution in [3.8, 4) is 22.3 Å². The third-order valence-corrected chi connectivity index (χ3v) is 4.16. The molecule has 0 aliphatic rings. The van der Waals surface area contributed by atoms with Crippen LogP contribution in [0.5, 0.6) is 0 Å². The molecule has 2 N–H and O–H groups in total. The van der Waals surface area contributed by atoms with Crippen LogP contribution in [0.2, 0.25) is 0 Å². The Morgan fingerprint density at radius 1 is 0.708 bits per heavy atom. The second kappa shape index (κ2) is 5.70. The Bertz CT molecular complexity index is 1030. The van der Waals surface area contributed by atoms with E-state index in [-0.39, 0.29) is 5.69 Å². The number of H-pyrrole nitrogens is 1. The highest BCUT2D eigenvalue weighted by Gasteiger charge is 2.08. The molecule has 3 aromatic carbocycles. The molecule has 0 aliphatic heterocycles. The molecule has 3 nitrogen and oxygen atoms in total. The molecule has 0 spiro atoms. The van der Waals surface area contributed by atoms with Crippen molar-refractivity contribution in [1.82, 2.24) is 4.98 Å². The first kappa shape index (κ1) is 14.3. The number of hydrogen-bond acceptors (Lipinski definition) is 1. The van der Waals surface area contributed by atoms with Gasteiger partial charge in [-0.1, -0.05) is 60.7 Å². The maximum absolute atomic E-state index is 11.1. The topological polar surface area (TPSA) is 53.1 Å². The molecule has 4 aromatic rings. The van der Waals surface area contributed by atoms with Crippen molar-refractivity contribution in [2.75, 3.05) is 0 Å². The number of rotatable bonds is 3. The Morgan fingerprint density at radius 2 is 1.38 bits per heavy atom. The van der Waals surface area contributed by atoms with E-state index in [1.54, 1.807) is 6.07 Å². The van der Waals surface area contributed by atoms with E-state index in [1.165, 1.54) is 5.56 Å². The molecule has 3 heteroatoms. The molecule has 0 fully saturated rings. The van der Waals surface area contributed by atoms with Crippen LogP contribution >= 0.6 is 0 Å². The van der Waals surface area contributed by atoms with Crippen molar-refractivity contribution in [2.45, 2.75) is 0 Å². The van der Waals surface area contributed by atoms with E-state index in [4.69, 9.17) is 5.11 Å². The first-order chi connectivity index (χ1) is 11.7. The molecular weight excluding hydrogens is 298 g/mol. The van der Waals surface area contributed by atoms with E-state index in [0.29, 0.717) is 0 Å². The fourth-order valence-electron chi connectivity index (χ4n) is 2.93. The van der Waals surface area contributed by atoms with E-state index in [0.717, 1.165) is 27.6 Å². The summed E-state index contributed by atoms with van der Waals surface area (Å²) in [4.78, 5) is 14.0. The lowest BCUT2D eigenvalue weighted by Gasteiger charge is -2.06. The van der Waals surface area contributed by atoms with Crippen molar-refractivity contribution in [2.24, 2.45) is 0 Å². The molecule has 0 saturated carbocycles. The Kier molecular flexibility index (Phi) is 3.39. The summed E-state index contributed by atoms with van der Waals surface area (Å²) >= 11 is 0. The Labute approximate surface area is 139 Å². The highest BCUT2D eigenvalue weighted by molar-refractivity contribution is 5.95.